The minimum Gasteiger partial charge on any atom is -0.315 e. The van der Waals surface area contributed by atoms with Crippen LogP contribution in [0, 0.1) is 5.92 Å². The summed E-state index contributed by atoms with van der Waals surface area (Å²) in [6, 6.07) is 0. The predicted molar refractivity (Wildman–Crippen MR) is 83.1 cm³/mol. The molecule has 0 saturated carbocycles. The van der Waals surface area contributed by atoms with Gasteiger partial charge in [-0.2, -0.15) is 5.10 Å². The molecule has 1 unspecified atom stereocenters. The minimum atomic E-state index is -0.209. The number of carbonyl (C=O) groups excluding carboxylic acids is 1. The van der Waals surface area contributed by atoms with Crippen LogP contribution < -0.4 is 11.0 Å². The Morgan fingerprint density at radius 2 is 2.13 bits per heavy atom. The van der Waals surface area contributed by atoms with Gasteiger partial charge in [-0.15, -0.1) is 0 Å². The van der Waals surface area contributed by atoms with Crippen LogP contribution in [0.5, 0.6) is 0 Å². The zero-order valence-electron chi connectivity index (χ0n) is 13.2. The van der Waals surface area contributed by atoms with E-state index in [2.05, 4.69) is 20.0 Å². The van der Waals surface area contributed by atoms with Gasteiger partial charge in [0.1, 0.15) is 17.5 Å². The van der Waals surface area contributed by atoms with Gasteiger partial charge < -0.3 is 9.88 Å². The molecule has 8 nitrogen and oxygen atoms in total. The third-order valence-corrected chi connectivity index (χ3v) is 4.80. The summed E-state index contributed by atoms with van der Waals surface area (Å²) in [4.78, 5) is 29.0. The fraction of sp³-hybridized carbons (Fsp3) is 0.600. The Bertz CT molecular complexity index is 815. The molecule has 1 N–H and O–H groups in total. The van der Waals surface area contributed by atoms with Crippen molar-refractivity contribution in [3.63, 3.8) is 0 Å². The van der Waals surface area contributed by atoms with Crippen molar-refractivity contribution in [3.8, 4) is 0 Å². The molecular formula is C15H20N6O2. The zero-order valence-corrected chi connectivity index (χ0v) is 13.2. The van der Waals surface area contributed by atoms with Crippen molar-refractivity contribution < 1.29 is 4.79 Å². The van der Waals surface area contributed by atoms with Crippen LogP contribution in [0.2, 0.25) is 0 Å². The maximum atomic E-state index is 12.6. The lowest BCUT2D eigenvalue weighted by atomic mass is 9.98. The smallest absolute Gasteiger partial charge is 0.315 e. The van der Waals surface area contributed by atoms with E-state index in [9.17, 15) is 9.59 Å². The molecule has 0 fully saturated rings. The molecule has 4 rings (SSSR count). The molecule has 0 bridgehead atoms. The zero-order chi connectivity index (χ0) is 16.0. The number of imidazole rings is 1. The average Bonchev–Trinajstić information content (AvgIpc) is 3.09. The summed E-state index contributed by atoms with van der Waals surface area (Å²) in [5.41, 5.74) is -0.153. The first-order valence-corrected chi connectivity index (χ1v) is 8.11. The van der Waals surface area contributed by atoms with Crippen LogP contribution in [0.15, 0.2) is 11.0 Å². The lowest BCUT2D eigenvalue weighted by molar-refractivity contribution is -0.120. The van der Waals surface area contributed by atoms with Crippen molar-refractivity contribution in [2.45, 2.75) is 45.2 Å². The number of rotatable bonds is 2. The van der Waals surface area contributed by atoms with E-state index in [0.29, 0.717) is 19.4 Å². The van der Waals surface area contributed by atoms with Gasteiger partial charge in [0.05, 0.1) is 12.1 Å². The van der Waals surface area contributed by atoms with E-state index in [1.165, 1.54) is 4.68 Å². The van der Waals surface area contributed by atoms with Gasteiger partial charge in [-0.1, -0.05) is 0 Å². The number of aromatic nitrogens is 5. The monoisotopic (exact) mass is 316 g/mol. The maximum Gasteiger partial charge on any atom is 0.345 e. The molecule has 0 radical (unpaired) electrons. The first-order valence-electron chi connectivity index (χ1n) is 8.11. The highest BCUT2D eigenvalue weighted by Gasteiger charge is 2.28. The number of carbonyl (C=O) groups is 1. The molecule has 1 atom stereocenters. The first kappa shape index (κ1) is 14.2. The van der Waals surface area contributed by atoms with Gasteiger partial charge in [0.15, 0.2) is 0 Å². The van der Waals surface area contributed by atoms with Crippen molar-refractivity contribution in [2.24, 2.45) is 13.0 Å². The van der Waals surface area contributed by atoms with Crippen molar-refractivity contribution in [2.75, 3.05) is 5.32 Å². The first-order chi connectivity index (χ1) is 11.1. The van der Waals surface area contributed by atoms with Crippen LogP contribution >= 0.6 is 0 Å². The Kier molecular flexibility index (Phi) is 3.32. The Balaban J connectivity index is 1.51. The fourth-order valence-corrected chi connectivity index (χ4v) is 3.50. The number of hydrogen-bond donors (Lipinski definition) is 1. The molecule has 2 aromatic rings. The molecule has 2 aliphatic rings. The van der Waals surface area contributed by atoms with Gasteiger partial charge >= 0.3 is 5.69 Å². The van der Waals surface area contributed by atoms with Crippen LogP contribution in [-0.4, -0.2) is 29.8 Å². The highest BCUT2D eigenvalue weighted by molar-refractivity contribution is 5.91. The second kappa shape index (κ2) is 5.36. The fourth-order valence-electron chi connectivity index (χ4n) is 3.50. The van der Waals surface area contributed by atoms with E-state index in [4.69, 9.17) is 0 Å². The standard InChI is InChI=1S/C15H20N6O2/c1-19-15(23)21-9-10(5-6-12(21)18-19)14(22)17-13-8-16-11-4-2-3-7-20(11)13/h8,10H,2-7,9H2,1H3,(H,17,22). The largest absolute Gasteiger partial charge is 0.345 e. The predicted octanol–water partition coefficient (Wildman–Crippen LogP) is 0.316. The molecule has 0 saturated heterocycles. The number of anilines is 1. The summed E-state index contributed by atoms with van der Waals surface area (Å²) in [6.07, 6.45) is 6.34. The van der Waals surface area contributed by atoms with Gasteiger partial charge in [-0.25, -0.2) is 14.5 Å². The molecule has 4 heterocycles. The Morgan fingerprint density at radius 3 is 3.00 bits per heavy atom. The highest BCUT2D eigenvalue weighted by atomic mass is 16.2. The van der Waals surface area contributed by atoms with E-state index < -0.39 is 0 Å². The van der Waals surface area contributed by atoms with Crippen molar-refractivity contribution >= 4 is 11.7 Å². The summed E-state index contributed by atoms with van der Waals surface area (Å²) in [6.45, 7) is 1.30. The topological polar surface area (TPSA) is 86.7 Å². The maximum absolute atomic E-state index is 12.6. The second-order valence-corrected chi connectivity index (χ2v) is 6.33. The van der Waals surface area contributed by atoms with E-state index in [1.807, 2.05) is 0 Å². The molecule has 2 aromatic heterocycles. The van der Waals surface area contributed by atoms with Gasteiger partial charge in [0.25, 0.3) is 0 Å². The third kappa shape index (κ3) is 2.38. The van der Waals surface area contributed by atoms with Crippen molar-refractivity contribution in [1.82, 2.24) is 23.9 Å². The van der Waals surface area contributed by atoms with Crippen LogP contribution in [0.1, 0.15) is 30.9 Å². The minimum absolute atomic E-state index is 0.0420. The molecule has 8 heteroatoms. The molecule has 122 valence electrons. The third-order valence-electron chi connectivity index (χ3n) is 4.80. The highest BCUT2D eigenvalue weighted by Crippen LogP contribution is 2.22. The van der Waals surface area contributed by atoms with Crippen LogP contribution in [0.3, 0.4) is 0 Å². The van der Waals surface area contributed by atoms with Crippen molar-refractivity contribution in [1.29, 1.82) is 0 Å². The molecule has 23 heavy (non-hydrogen) atoms. The quantitative estimate of drug-likeness (QED) is 0.864. The molecule has 0 spiro atoms. The van der Waals surface area contributed by atoms with Gasteiger partial charge in [0, 0.05) is 33.0 Å². The van der Waals surface area contributed by atoms with Gasteiger partial charge in [-0.05, 0) is 19.3 Å². The van der Waals surface area contributed by atoms with Crippen molar-refractivity contribution in [3.05, 3.63) is 28.3 Å². The van der Waals surface area contributed by atoms with E-state index >= 15 is 0 Å². The number of amides is 1. The molecule has 0 aromatic carbocycles. The number of nitrogens with zero attached hydrogens (tertiary/aromatic N) is 5. The lowest BCUT2D eigenvalue weighted by Crippen LogP contribution is -2.36. The van der Waals surface area contributed by atoms with Crippen LogP contribution in [0.4, 0.5) is 5.82 Å². The van der Waals surface area contributed by atoms with Gasteiger partial charge in [-0.3, -0.25) is 9.36 Å². The SMILES string of the molecule is Cn1nc2n(c1=O)CC(C(=O)Nc1cnc3n1CCCC3)CC2. The number of fused-ring (bicyclic) bond motifs is 2. The average molecular weight is 316 g/mol. The summed E-state index contributed by atoms with van der Waals surface area (Å²) in [5.74, 6) is 2.33. The Labute approximate surface area is 133 Å². The molecule has 1 amide bonds. The molecule has 0 aliphatic carbocycles. The number of aryl methyl sites for hydroxylation is 3. The number of nitrogens with one attached hydrogen (secondary N) is 1. The number of hydrogen-bond acceptors (Lipinski definition) is 4. The summed E-state index contributed by atoms with van der Waals surface area (Å²) in [7, 11) is 1.64. The van der Waals surface area contributed by atoms with E-state index in [1.54, 1.807) is 17.8 Å². The second-order valence-electron chi connectivity index (χ2n) is 6.33. The van der Waals surface area contributed by atoms with Gasteiger partial charge in [0.2, 0.25) is 5.91 Å². The summed E-state index contributed by atoms with van der Waals surface area (Å²) >= 11 is 0. The van der Waals surface area contributed by atoms with Crippen LogP contribution in [0.25, 0.3) is 0 Å². The molecular weight excluding hydrogens is 296 g/mol. The van der Waals surface area contributed by atoms with E-state index in [0.717, 1.165) is 43.3 Å². The summed E-state index contributed by atoms with van der Waals surface area (Å²) in [5, 5.41) is 7.20. The Morgan fingerprint density at radius 1 is 1.26 bits per heavy atom. The van der Waals surface area contributed by atoms with Crippen LogP contribution in [-0.2, 0) is 37.8 Å². The Hall–Kier alpha value is -2.38. The normalized spacial score (nSPS) is 20.0. The summed E-state index contributed by atoms with van der Waals surface area (Å²) < 4.78 is 5.04. The van der Waals surface area contributed by atoms with E-state index in [-0.39, 0.29) is 17.5 Å². The molecule has 2 aliphatic heterocycles. The lowest BCUT2D eigenvalue weighted by Gasteiger charge is -2.22.